The van der Waals surface area contributed by atoms with E-state index in [0.29, 0.717) is 18.2 Å². The maximum absolute atomic E-state index is 14.1. The van der Waals surface area contributed by atoms with E-state index in [0.717, 1.165) is 18.8 Å². The second kappa shape index (κ2) is 6.35. The van der Waals surface area contributed by atoms with Crippen LogP contribution in [0.2, 0.25) is 0 Å². The molecular weight excluding hydrogens is 257 g/mol. The molecule has 110 valence electrons. The van der Waals surface area contributed by atoms with Gasteiger partial charge >= 0.3 is 5.97 Å². The fraction of sp³-hybridized carbons (Fsp3) is 0.562. The summed E-state index contributed by atoms with van der Waals surface area (Å²) in [7, 11) is 1.99. The largest absolute Gasteiger partial charge is 0.478 e. The zero-order valence-electron chi connectivity index (χ0n) is 12.1. The standard InChI is InChI=1S/C16H22FNO2/c1-11-6-8-13(9-7-11)18(2)10-12-4-3-5-14(15(12)17)16(19)20/h3-5,11,13H,6-10H2,1-2H3,(H,19,20). The predicted molar refractivity (Wildman–Crippen MR) is 76.2 cm³/mol. The van der Waals surface area contributed by atoms with E-state index in [2.05, 4.69) is 11.8 Å². The Kier molecular flexibility index (Phi) is 4.76. The summed E-state index contributed by atoms with van der Waals surface area (Å²) in [4.78, 5) is 13.1. The molecule has 1 aromatic carbocycles. The first-order valence-corrected chi connectivity index (χ1v) is 7.20. The molecule has 0 radical (unpaired) electrons. The summed E-state index contributed by atoms with van der Waals surface area (Å²) in [5, 5.41) is 8.95. The van der Waals surface area contributed by atoms with Crippen LogP contribution in [0.3, 0.4) is 0 Å². The maximum Gasteiger partial charge on any atom is 0.338 e. The van der Waals surface area contributed by atoms with Crippen LogP contribution in [-0.4, -0.2) is 29.1 Å². The second-order valence-corrected chi connectivity index (χ2v) is 5.91. The molecule has 0 amide bonds. The summed E-state index contributed by atoms with van der Waals surface area (Å²) in [5.41, 5.74) is 0.221. The van der Waals surface area contributed by atoms with Gasteiger partial charge in [0.25, 0.3) is 0 Å². The van der Waals surface area contributed by atoms with Gasteiger partial charge in [0, 0.05) is 18.2 Å². The molecule has 0 aliphatic heterocycles. The Labute approximate surface area is 119 Å². The Morgan fingerprint density at radius 2 is 2.00 bits per heavy atom. The summed E-state index contributed by atoms with van der Waals surface area (Å²) in [6, 6.07) is 5.06. The van der Waals surface area contributed by atoms with Crippen LogP contribution < -0.4 is 0 Å². The molecule has 0 heterocycles. The lowest BCUT2D eigenvalue weighted by molar-refractivity contribution is 0.0691. The molecule has 4 heteroatoms. The molecule has 0 saturated heterocycles. The van der Waals surface area contributed by atoms with Crippen LogP contribution in [0, 0.1) is 11.7 Å². The fourth-order valence-corrected chi connectivity index (χ4v) is 2.95. The zero-order valence-corrected chi connectivity index (χ0v) is 12.1. The van der Waals surface area contributed by atoms with Crippen LogP contribution in [-0.2, 0) is 6.54 Å². The van der Waals surface area contributed by atoms with Gasteiger partial charge in [0.15, 0.2) is 0 Å². The third kappa shape index (κ3) is 3.37. The van der Waals surface area contributed by atoms with Crippen molar-refractivity contribution in [1.29, 1.82) is 0 Å². The minimum Gasteiger partial charge on any atom is -0.478 e. The van der Waals surface area contributed by atoms with E-state index < -0.39 is 11.8 Å². The Balaban J connectivity index is 2.06. The van der Waals surface area contributed by atoms with Crippen molar-refractivity contribution in [3.8, 4) is 0 Å². The molecule has 20 heavy (non-hydrogen) atoms. The van der Waals surface area contributed by atoms with E-state index in [-0.39, 0.29) is 5.56 Å². The molecule has 0 unspecified atom stereocenters. The van der Waals surface area contributed by atoms with Crippen LogP contribution >= 0.6 is 0 Å². The number of carboxylic acids is 1. The van der Waals surface area contributed by atoms with Crippen molar-refractivity contribution in [3.05, 3.63) is 35.1 Å². The lowest BCUT2D eigenvalue weighted by Crippen LogP contribution is -2.34. The van der Waals surface area contributed by atoms with Crippen molar-refractivity contribution in [1.82, 2.24) is 4.90 Å². The highest BCUT2D eigenvalue weighted by molar-refractivity contribution is 5.88. The minimum atomic E-state index is -1.21. The van der Waals surface area contributed by atoms with E-state index in [9.17, 15) is 9.18 Å². The first-order chi connectivity index (χ1) is 9.49. The van der Waals surface area contributed by atoms with Gasteiger partial charge in [0.1, 0.15) is 5.82 Å². The van der Waals surface area contributed by atoms with Gasteiger partial charge in [0.05, 0.1) is 5.56 Å². The SMILES string of the molecule is CC1CCC(N(C)Cc2cccc(C(=O)O)c2F)CC1. The fourth-order valence-electron chi connectivity index (χ4n) is 2.95. The molecule has 1 aliphatic rings. The van der Waals surface area contributed by atoms with Crippen molar-refractivity contribution in [2.75, 3.05) is 7.05 Å². The first kappa shape index (κ1) is 15.0. The molecule has 0 bridgehead atoms. The lowest BCUT2D eigenvalue weighted by Gasteiger charge is -2.33. The average Bonchev–Trinajstić information content (AvgIpc) is 2.41. The van der Waals surface area contributed by atoms with Gasteiger partial charge in [-0.05, 0) is 44.7 Å². The number of nitrogens with zero attached hydrogens (tertiary/aromatic N) is 1. The molecule has 0 atom stereocenters. The Morgan fingerprint density at radius 3 is 2.60 bits per heavy atom. The number of halogens is 1. The summed E-state index contributed by atoms with van der Waals surface area (Å²) in [6.07, 6.45) is 4.70. The highest BCUT2D eigenvalue weighted by Gasteiger charge is 2.23. The maximum atomic E-state index is 14.1. The van der Waals surface area contributed by atoms with E-state index >= 15 is 0 Å². The van der Waals surface area contributed by atoms with Crippen LogP contribution in [0.15, 0.2) is 18.2 Å². The summed E-state index contributed by atoms with van der Waals surface area (Å²) >= 11 is 0. The van der Waals surface area contributed by atoms with Gasteiger partial charge in [-0.25, -0.2) is 9.18 Å². The number of hydrogen-bond acceptors (Lipinski definition) is 2. The smallest absolute Gasteiger partial charge is 0.338 e. The summed E-state index contributed by atoms with van der Waals surface area (Å²) in [6.45, 7) is 2.73. The van der Waals surface area contributed by atoms with Gasteiger partial charge in [-0.2, -0.15) is 0 Å². The van der Waals surface area contributed by atoms with Gasteiger partial charge in [0.2, 0.25) is 0 Å². The quantitative estimate of drug-likeness (QED) is 0.916. The normalized spacial score (nSPS) is 23.0. The third-order valence-electron chi connectivity index (χ3n) is 4.34. The van der Waals surface area contributed by atoms with Crippen molar-refractivity contribution < 1.29 is 14.3 Å². The van der Waals surface area contributed by atoms with E-state index in [1.807, 2.05) is 7.05 Å². The minimum absolute atomic E-state index is 0.242. The first-order valence-electron chi connectivity index (χ1n) is 7.20. The summed E-state index contributed by atoms with van der Waals surface area (Å²) in [5.74, 6) is -1.03. The molecule has 2 rings (SSSR count). The second-order valence-electron chi connectivity index (χ2n) is 5.91. The Morgan fingerprint density at radius 1 is 1.35 bits per heavy atom. The number of carbonyl (C=O) groups is 1. The number of benzene rings is 1. The highest BCUT2D eigenvalue weighted by atomic mass is 19.1. The topological polar surface area (TPSA) is 40.5 Å². The number of carboxylic acid groups (broad SMARTS) is 1. The Hall–Kier alpha value is -1.42. The lowest BCUT2D eigenvalue weighted by atomic mass is 9.86. The third-order valence-corrected chi connectivity index (χ3v) is 4.34. The van der Waals surface area contributed by atoms with Crippen molar-refractivity contribution in [2.24, 2.45) is 5.92 Å². The molecule has 1 aliphatic carbocycles. The molecule has 0 spiro atoms. The van der Waals surface area contributed by atoms with Crippen molar-refractivity contribution in [3.63, 3.8) is 0 Å². The molecular formula is C16H22FNO2. The molecule has 0 aromatic heterocycles. The van der Waals surface area contributed by atoms with Gasteiger partial charge < -0.3 is 5.11 Å². The number of aromatic carboxylic acids is 1. The van der Waals surface area contributed by atoms with E-state index in [4.69, 9.17) is 5.11 Å². The number of hydrogen-bond donors (Lipinski definition) is 1. The highest BCUT2D eigenvalue weighted by Crippen LogP contribution is 2.27. The molecule has 1 fully saturated rings. The van der Waals surface area contributed by atoms with Crippen molar-refractivity contribution >= 4 is 5.97 Å². The van der Waals surface area contributed by atoms with E-state index in [1.54, 1.807) is 12.1 Å². The average molecular weight is 279 g/mol. The van der Waals surface area contributed by atoms with Crippen LogP contribution in [0.1, 0.15) is 48.5 Å². The van der Waals surface area contributed by atoms with Crippen LogP contribution in [0.25, 0.3) is 0 Å². The molecule has 1 aromatic rings. The monoisotopic (exact) mass is 279 g/mol. The summed E-state index contributed by atoms with van der Waals surface area (Å²) < 4.78 is 14.1. The van der Waals surface area contributed by atoms with Gasteiger partial charge in [-0.3, -0.25) is 4.90 Å². The van der Waals surface area contributed by atoms with Crippen LogP contribution in [0.4, 0.5) is 4.39 Å². The predicted octanol–water partition coefficient (Wildman–Crippen LogP) is 3.53. The van der Waals surface area contributed by atoms with Crippen LogP contribution in [0.5, 0.6) is 0 Å². The van der Waals surface area contributed by atoms with Crippen molar-refractivity contribution in [2.45, 2.75) is 45.2 Å². The zero-order chi connectivity index (χ0) is 14.7. The Bertz CT molecular complexity index is 481. The number of rotatable bonds is 4. The van der Waals surface area contributed by atoms with Gasteiger partial charge in [-0.1, -0.05) is 19.1 Å². The molecule has 3 nitrogen and oxygen atoms in total. The molecule has 1 saturated carbocycles. The van der Waals surface area contributed by atoms with Gasteiger partial charge in [-0.15, -0.1) is 0 Å². The molecule has 1 N–H and O–H groups in total. The van der Waals surface area contributed by atoms with E-state index in [1.165, 1.54) is 18.9 Å².